The molecule has 1 aliphatic carbocycles. The molecule has 0 atom stereocenters. The highest BCUT2D eigenvalue weighted by Crippen LogP contribution is 2.30. The number of carbonyl (C=O) groups is 1. The molecule has 0 aromatic carbocycles. The van der Waals surface area contributed by atoms with E-state index in [1.165, 1.54) is 0 Å². The number of halogens is 3. The van der Waals surface area contributed by atoms with Crippen molar-refractivity contribution in [3.05, 3.63) is 0 Å². The van der Waals surface area contributed by atoms with Gasteiger partial charge in [0.25, 0.3) is 0 Å². The Bertz CT molecular complexity index is 265. The zero-order valence-electron chi connectivity index (χ0n) is 9.48. The summed E-state index contributed by atoms with van der Waals surface area (Å²) in [4.78, 5) is 11.4. The second-order valence-corrected chi connectivity index (χ2v) is 5.55. The van der Waals surface area contributed by atoms with Crippen molar-refractivity contribution in [1.29, 1.82) is 0 Å². The largest absolute Gasteiger partial charge is 0.441 e. The number of hydrogen-bond donors (Lipinski definition) is 2. The van der Waals surface area contributed by atoms with Crippen LogP contribution in [0.4, 0.5) is 13.2 Å². The first kappa shape index (κ1) is 14.6. The molecule has 0 unspecified atom stereocenters. The van der Waals surface area contributed by atoms with Crippen LogP contribution in [0.15, 0.2) is 0 Å². The second kappa shape index (κ2) is 5.95. The first-order valence-corrected chi connectivity index (χ1v) is 6.56. The van der Waals surface area contributed by atoms with Crippen molar-refractivity contribution >= 4 is 17.7 Å². The van der Waals surface area contributed by atoms with Crippen molar-refractivity contribution in [1.82, 2.24) is 5.32 Å². The molecule has 7 heteroatoms. The van der Waals surface area contributed by atoms with Gasteiger partial charge in [0.05, 0.1) is 0 Å². The van der Waals surface area contributed by atoms with Crippen LogP contribution in [0.5, 0.6) is 0 Å². The van der Waals surface area contributed by atoms with Crippen molar-refractivity contribution in [2.24, 2.45) is 5.73 Å². The van der Waals surface area contributed by atoms with Gasteiger partial charge in [0.2, 0.25) is 5.91 Å². The average Bonchev–Trinajstić information content (AvgIpc) is 2.58. The van der Waals surface area contributed by atoms with Crippen LogP contribution in [0.1, 0.15) is 32.1 Å². The van der Waals surface area contributed by atoms with Crippen LogP contribution in [-0.4, -0.2) is 29.3 Å². The van der Waals surface area contributed by atoms with Gasteiger partial charge in [-0.1, -0.05) is 12.8 Å². The topological polar surface area (TPSA) is 55.1 Å². The van der Waals surface area contributed by atoms with E-state index < -0.39 is 11.0 Å². The highest BCUT2D eigenvalue weighted by molar-refractivity contribution is 8.00. The Hall–Kier alpha value is -0.430. The van der Waals surface area contributed by atoms with Gasteiger partial charge in [-0.3, -0.25) is 4.79 Å². The molecule has 0 radical (unpaired) electrons. The number of carbonyl (C=O) groups excluding carboxylic acids is 1. The molecule has 3 N–H and O–H groups in total. The van der Waals surface area contributed by atoms with Crippen molar-refractivity contribution in [3.63, 3.8) is 0 Å². The summed E-state index contributed by atoms with van der Waals surface area (Å²) in [7, 11) is 0. The summed E-state index contributed by atoms with van der Waals surface area (Å²) in [6.07, 6.45) is 3.89. The van der Waals surface area contributed by atoms with Gasteiger partial charge in [0.15, 0.2) is 0 Å². The van der Waals surface area contributed by atoms with Crippen LogP contribution in [0, 0.1) is 0 Å². The minimum Gasteiger partial charge on any atom is -0.355 e. The summed E-state index contributed by atoms with van der Waals surface area (Å²) in [5.41, 5.74) is 1.31. The Labute approximate surface area is 103 Å². The summed E-state index contributed by atoms with van der Waals surface area (Å²) in [6, 6.07) is 0. The van der Waals surface area contributed by atoms with E-state index in [9.17, 15) is 18.0 Å². The van der Waals surface area contributed by atoms with Gasteiger partial charge in [-0.2, -0.15) is 13.2 Å². The van der Waals surface area contributed by atoms with Crippen LogP contribution in [0.25, 0.3) is 0 Å². The smallest absolute Gasteiger partial charge is 0.355 e. The number of thioether (sulfide) groups is 1. The fraction of sp³-hybridized carbons (Fsp3) is 0.900. The molecule has 1 fully saturated rings. The molecule has 0 aliphatic heterocycles. The van der Waals surface area contributed by atoms with Gasteiger partial charge >= 0.3 is 5.51 Å². The Morgan fingerprint density at radius 3 is 2.47 bits per heavy atom. The van der Waals surface area contributed by atoms with Crippen molar-refractivity contribution in [2.45, 2.75) is 43.2 Å². The molecule has 3 nitrogen and oxygen atoms in total. The van der Waals surface area contributed by atoms with Gasteiger partial charge in [-0.15, -0.1) is 0 Å². The number of nitrogens with two attached hydrogens (primary N) is 1. The van der Waals surface area contributed by atoms with E-state index in [0.29, 0.717) is 0 Å². The molecule has 0 saturated heterocycles. The Morgan fingerprint density at radius 1 is 1.35 bits per heavy atom. The summed E-state index contributed by atoms with van der Waals surface area (Å²) >= 11 is -0.129. The van der Waals surface area contributed by atoms with Crippen LogP contribution in [-0.2, 0) is 4.79 Å². The van der Waals surface area contributed by atoms with E-state index in [4.69, 9.17) is 5.73 Å². The van der Waals surface area contributed by atoms with Crippen molar-refractivity contribution in [2.75, 3.05) is 12.3 Å². The Morgan fingerprint density at radius 2 is 1.94 bits per heavy atom. The standard InChI is InChI=1S/C10H17F3N2OS/c11-10(12,13)17-6-5-15-8(16)7-9(14)3-1-2-4-9/h1-7,14H2,(H,15,16). The highest BCUT2D eigenvalue weighted by Gasteiger charge is 2.32. The Kier molecular flexibility index (Phi) is 5.12. The second-order valence-electron chi connectivity index (χ2n) is 4.39. The third kappa shape index (κ3) is 6.16. The summed E-state index contributed by atoms with van der Waals surface area (Å²) in [5, 5.41) is 2.47. The number of alkyl halides is 3. The van der Waals surface area contributed by atoms with Crippen molar-refractivity contribution in [3.8, 4) is 0 Å². The fourth-order valence-corrected chi connectivity index (χ4v) is 2.43. The average molecular weight is 270 g/mol. The normalized spacial score (nSPS) is 19.3. The maximum Gasteiger partial charge on any atom is 0.441 e. The monoisotopic (exact) mass is 270 g/mol. The number of nitrogens with one attached hydrogen (secondary N) is 1. The zero-order valence-corrected chi connectivity index (χ0v) is 10.3. The van der Waals surface area contributed by atoms with Gasteiger partial charge in [0.1, 0.15) is 0 Å². The molecule has 100 valence electrons. The number of hydrogen-bond acceptors (Lipinski definition) is 3. The molecule has 0 spiro atoms. The lowest BCUT2D eigenvalue weighted by atomic mass is 9.94. The van der Waals surface area contributed by atoms with Gasteiger partial charge < -0.3 is 11.1 Å². The first-order chi connectivity index (χ1) is 7.81. The molecule has 0 heterocycles. The third-order valence-electron chi connectivity index (χ3n) is 2.80. The minimum absolute atomic E-state index is 0.0269. The number of amides is 1. The fourth-order valence-electron chi connectivity index (χ4n) is 2.00. The third-order valence-corrected chi connectivity index (χ3v) is 3.54. The van der Waals surface area contributed by atoms with E-state index >= 15 is 0 Å². The van der Waals surface area contributed by atoms with E-state index in [2.05, 4.69) is 5.32 Å². The van der Waals surface area contributed by atoms with Crippen LogP contribution >= 0.6 is 11.8 Å². The van der Waals surface area contributed by atoms with E-state index in [-0.39, 0.29) is 36.4 Å². The molecule has 17 heavy (non-hydrogen) atoms. The van der Waals surface area contributed by atoms with Crippen LogP contribution < -0.4 is 11.1 Å². The molecule has 1 aliphatic rings. The highest BCUT2D eigenvalue weighted by atomic mass is 32.2. The van der Waals surface area contributed by atoms with E-state index in [0.717, 1.165) is 25.7 Å². The predicted octanol–water partition coefficient (Wildman–Crippen LogP) is 2.02. The molecule has 1 saturated carbocycles. The van der Waals surface area contributed by atoms with Gasteiger partial charge in [-0.25, -0.2) is 0 Å². The Balaban J connectivity index is 2.13. The maximum absolute atomic E-state index is 11.8. The molecule has 1 amide bonds. The maximum atomic E-state index is 11.8. The van der Waals surface area contributed by atoms with Crippen LogP contribution in [0.3, 0.4) is 0 Å². The zero-order chi connectivity index (χ0) is 12.9. The molecule has 0 aromatic heterocycles. The van der Waals surface area contributed by atoms with E-state index in [1.54, 1.807) is 0 Å². The molecule has 1 rings (SSSR count). The molecule has 0 bridgehead atoms. The van der Waals surface area contributed by atoms with Crippen LogP contribution in [0.2, 0.25) is 0 Å². The summed E-state index contributed by atoms with van der Waals surface area (Å²) < 4.78 is 35.4. The molecular weight excluding hydrogens is 253 g/mol. The van der Waals surface area contributed by atoms with Crippen molar-refractivity contribution < 1.29 is 18.0 Å². The quantitative estimate of drug-likeness (QED) is 0.751. The molecular formula is C10H17F3N2OS. The minimum atomic E-state index is -4.23. The summed E-state index contributed by atoms with van der Waals surface area (Å²) in [6.45, 7) is 0.0269. The molecule has 0 aromatic rings. The lowest BCUT2D eigenvalue weighted by Crippen LogP contribution is -2.42. The lowest BCUT2D eigenvalue weighted by molar-refractivity contribution is -0.122. The van der Waals surface area contributed by atoms with Gasteiger partial charge in [-0.05, 0) is 24.6 Å². The summed E-state index contributed by atoms with van der Waals surface area (Å²) in [5.74, 6) is -0.413. The lowest BCUT2D eigenvalue weighted by Gasteiger charge is -2.22. The SMILES string of the molecule is NC1(CC(=O)NCCSC(F)(F)F)CCCC1. The van der Waals surface area contributed by atoms with E-state index in [1.807, 2.05) is 0 Å². The predicted molar refractivity (Wildman–Crippen MR) is 61.5 cm³/mol. The first-order valence-electron chi connectivity index (χ1n) is 5.57. The number of rotatable bonds is 5. The van der Waals surface area contributed by atoms with Gasteiger partial charge in [0, 0.05) is 24.3 Å².